The van der Waals surface area contributed by atoms with E-state index in [4.69, 9.17) is 14.2 Å². The fourth-order valence-corrected chi connectivity index (χ4v) is 4.72. The van der Waals surface area contributed by atoms with Crippen LogP contribution >= 0.6 is 0 Å². The minimum atomic E-state index is -0.443. The molecule has 2 saturated carbocycles. The molecule has 2 aliphatic carbocycles. The molecule has 0 radical (unpaired) electrons. The molecule has 0 N–H and O–H groups in total. The second-order valence-electron chi connectivity index (χ2n) is 6.37. The number of hydrogen-bond donors (Lipinski definition) is 0. The number of hydrogen-bond acceptors (Lipinski definition) is 3. The van der Waals surface area contributed by atoms with Gasteiger partial charge >= 0.3 is 0 Å². The van der Waals surface area contributed by atoms with Crippen molar-refractivity contribution in [1.82, 2.24) is 0 Å². The molecule has 1 aliphatic heterocycles. The van der Waals surface area contributed by atoms with Gasteiger partial charge < -0.3 is 14.2 Å². The van der Waals surface area contributed by atoms with E-state index >= 15 is 0 Å². The van der Waals surface area contributed by atoms with Gasteiger partial charge in [-0.15, -0.1) is 6.58 Å². The molecule has 3 heteroatoms. The highest BCUT2D eigenvalue weighted by Crippen LogP contribution is 2.64. The molecule has 5 atom stereocenters. The monoisotopic (exact) mass is 252 g/mol. The third-order valence-electron chi connectivity index (χ3n) is 5.51. The summed E-state index contributed by atoms with van der Waals surface area (Å²) in [4.78, 5) is 0. The van der Waals surface area contributed by atoms with Gasteiger partial charge in [0, 0.05) is 18.4 Å². The highest BCUT2D eigenvalue weighted by Gasteiger charge is 2.68. The first kappa shape index (κ1) is 12.6. The average molecular weight is 252 g/mol. The molecule has 3 aliphatic rings. The van der Waals surface area contributed by atoms with E-state index in [1.165, 1.54) is 0 Å². The van der Waals surface area contributed by atoms with E-state index in [-0.39, 0.29) is 5.41 Å². The zero-order valence-electron chi connectivity index (χ0n) is 11.6. The van der Waals surface area contributed by atoms with Crippen molar-refractivity contribution in [2.75, 3.05) is 20.3 Å². The van der Waals surface area contributed by atoms with Crippen molar-refractivity contribution >= 4 is 0 Å². The Labute approximate surface area is 109 Å². The first-order valence-electron chi connectivity index (χ1n) is 7.02. The van der Waals surface area contributed by atoms with Crippen LogP contribution in [0.15, 0.2) is 12.7 Å². The van der Waals surface area contributed by atoms with E-state index in [0.29, 0.717) is 37.1 Å². The van der Waals surface area contributed by atoms with Crippen LogP contribution in [-0.4, -0.2) is 32.2 Å². The van der Waals surface area contributed by atoms with Crippen molar-refractivity contribution in [3.8, 4) is 0 Å². The largest absolute Gasteiger partial charge is 0.381 e. The maximum atomic E-state index is 6.11. The number of fused-ring (bicyclic) bond motifs is 2. The van der Waals surface area contributed by atoms with Gasteiger partial charge in [0.2, 0.25) is 0 Å². The van der Waals surface area contributed by atoms with Crippen LogP contribution in [0.4, 0.5) is 0 Å². The molecule has 3 fully saturated rings. The summed E-state index contributed by atoms with van der Waals surface area (Å²) in [5, 5.41) is 0. The predicted octanol–water partition coefficient (Wildman–Crippen LogP) is 2.61. The molecular formula is C15H24O3. The summed E-state index contributed by atoms with van der Waals surface area (Å²) in [5.74, 6) is 1.12. The van der Waals surface area contributed by atoms with Crippen LogP contribution in [0.3, 0.4) is 0 Å². The summed E-state index contributed by atoms with van der Waals surface area (Å²) in [6.45, 7) is 9.95. The number of methoxy groups -OCH3 is 1. The van der Waals surface area contributed by atoms with Crippen molar-refractivity contribution < 1.29 is 14.2 Å². The lowest BCUT2D eigenvalue weighted by molar-refractivity contribution is -0.230. The Morgan fingerprint density at radius 1 is 1.33 bits per heavy atom. The second kappa shape index (κ2) is 4.06. The molecule has 0 aromatic carbocycles. The smallest absolute Gasteiger partial charge is 0.180 e. The Bertz CT molecular complexity index is 348. The van der Waals surface area contributed by atoms with E-state index in [0.717, 1.165) is 12.8 Å². The van der Waals surface area contributed by atoms with Crippen LogP contribution in [0.5, 0.6) is 0 Å². The molecule has 3 rings (SSSR count). The van der Waals surface area contributed by atoms with Gasteiger partial charge in [0.15, 0.2) is 5.79 Å². The number of ether oxygens (including phenoxy) is 3. The average Bonchev–Trinajstić information content (AvgIpc) is 3.00. The molecule has 1 heterocycles. The van der Waals surface area contributed by atoms with Crippen molar-refractivity contribution in [2.45, 2.75) is 38.6 Å². The maximum absolute atomic E-state index is 6.11. The lowest BCUT2D eigenvalue weighted by Crippen LogP contribution is -2.46. The van der Waals surface area contributed by atoms with Crippen LogP contribution < -0.4 is 0 Å². The van der Waals surface area contributed by atoms with Crippen molar-refractivity contribution in [2.24, 2.45) is 23.2 Å². The zero-order chi connectivity index (χ0) is 13.0. The molecule has 0 aromatic heterocycles. The Hall–Kier alpha value is -0.380. The van der Waals surface area contributed by atoms with Gasteiger partial charge in [-0.25, -0.2) is 0 Å². The van der Waals surface area contributed by atoms with E-state index in [9.17, 15) is 0 Å². The summed E-state index contributed by atoms with van der Waals surface area (Å²) in [5.41, 5.74) is -0.0875. The Morgan fingerprint density at radius 2 is 2.00 bits per heavy atom. The minimum Gasteiger partial charge on any atom is -0.381 e. The van der Waals surface area contributed by atoms with Gasteiger partial charge in [-0.2, -0.15) is 0 Å². The maximum Gasteiger partial charge on any atom is 0.180 e. The molecular weight excluding hydrogens is 228 g/mol. The Balaban J connectivity index is 1.99. The summed E-state index contributed by atoms with van der Waals surface area (Å²) >= 11 is 0. The number of rotatable bonds is 2. The summed E-state index contributed by atoms with van der Waals surface area (Å²) in [7, 11) is 1.83. The standard InChI is InChI=1S/C15H24O3/c1-5-14(3)9-11-12(8-10(2)13(11)16-4)15(14)17-6-7-18-15/h5,10-13H,1,6-9H2,2-4H3/t10-,11+,12+,13+,14+/m1/s1. The first-order valence-corrected chi connectivity index (χ1v) is 7.02. The van der Waals surface area contributed by atoms with Crippen LogP contribution in [-0.2, 0) is 14.2 Å². The van der Waals surface area contributed by atoms with Crippen LogP contribution in [0.2, 0.25) is 0 Å². The first-order chi connectivity index (χ1) is 8.58. The highest BCUT2D eigenvalue weighted by molar-refractivity contribution is 5.17. The fraction of sp³-hybridized carbons (Fsp3) is 0.867. The SMILES string of the molecule is C=C[C@@]1(C)C[C@@H]2[C@@H](OC)[C@H](C)C[C@@H]2C12OCCO2. The zero-order valence-corrected chi connectivity index (χ0v) is 11.6. The predicted molar refractivity (Wildman–Crippen MR) is 69.1 cm³/mol. The molecule has 1 saturated heterocycles. The van der Waals surface area contributed by atoms with E-state index in [1.54, 1.807) is 0 Å². The van der Waals surface area contributed by atoms with Crippen LogP contribution in [0, 0.1) is 23.2 Å². The fourth-order valence-electron chi connectivity index (χ4n) is 4.72. The normalized spacial score (nSPS) is 49.7. The van der Waals surface area contributed by atoms with Crippen molar-refractivity contribution in [1.29, 1.82) is 0 Å². The van der Waals surface area contributed by atoms with Gasteiger partial charge in [0.1, 0.15) is 0 Å². The topological polar surface area (TPSA) is 27.7 Å². The van der Waals surface area contributed by atoms with Gasteiger partial charge in [-0.3, -0.25) is 0 Å². The summed E-state index contributed by atoms with van der Waals surface area (Å²) in [6.07, 6.45) is 4.56. The van der Waals surface area contributed by atoms with Gasteiger partial charge in [0.25, 0.3) is 0 Å². The lowest BCUT2D eigenvalue weighted by atomic mass is 9.79. The van der Waals surface area contributed by atoms with Crippen LogP contribution in [0.1, 0.15) is 26.7 Å². The third kappa shape index (κ3) is 1.36. The molecule has 0 bridgehead atoms. The Kier molecular flexibility index (Phi) is 2.85. The lowest BCUT2D eigenvalue weighted by Gasteiger charge is -2.40. The second-order valence-corrected chi connectivity index (χ2v) is 6.37. The van der Waals surface area contributed by atoms with Gasteiger partial charge in [-0.05, 0) is 24.7 Å². The third-order valence-corrected chi connectivity index (χ3v) is 5.51. The molecule has 18 heavy (non-hydrogen) atoms. The molecule has 0 aromatic rings. The van der Waals surface area contributed by atoms with Crippen molar-refractivity contribution in [3.05, 3.63) is 12.7 Å². The van der Waals surface area contributed by atoms with E-state index < -0.39 is 5.79 Å². The van der Waals surface area contributed by atoms with Gasteiger partial charge in [-0.1, -0.05) is 19.9 Å². The van der Waals surface area contributed by atoms with E-state index in [1.807, 2.05) is 13.2 Å². The Morgan fingerprint density at radius 3 is 2.56 bits per heavy atom. The quantitative estimate of drug-likeness (QED) is 0.707. The summed E-state index contributed by atoms with van der Waals surface area (Å²) < 4.78 is 18.0. The molecule has 1 spiro atoms. The van der Waals surface area contributed by atoms with Gasteiger partial charge in [0.05, 0.1) is 19.3 Å². The van der Waals surface area contributed by atoms with E-state index in [2.05, 4.69) is 20.4 Å². The molecule has 0 amide bonds. The van der Waals surface area contributed by atoms with Crippen LogP contribution in [0.25, 0.3) is 0 Å². The summed E-state index contributed by atoms with van der Waals surface area (Å²) in [6, 6.07) is 0. The molecule has 3 nitrogen and oxygen atoms in total. The minimum absolute atomic E-state index is 0.0875. The molecule has 102 valence electrons. The van der Waals surface area contributed by atoms with Crippen molar-refractivity contribution in [3.63, 3.8) is 0 Å². The molecule has 0 unspecified atom stereocenters. The highest BCUT2D eigenvalue weighted by atomic mass is 16.7.